The van der Waals surface area contributed by atoms with Gasteiger partial charge in [-0.3, -0.25) is 14.8 Å². The largest absolute Gasteiger partial charge is 0.454 e. The maximum Gasteiger partial charge on any atom is 0.293 e. The number of imidazole rings is 1. The van der Waals surface area contributed by atoms with Crippen molar-refractivity contribution in [3.05, 3.63) is 64.3 Å². The zero-order chi connectivity index (χ0) is 18.3. The summed E-state index contributed by atoms with van der Waals surface area (Å²) in [7, 11) is 1.78. The number of hydrogen-bond donors (Lipinski definition) is 1. The molecule has 1 amide bonds. The highest BCUT2D eigenvalue weighted by Crippen LogP contribution is 2.25. The second kappa shape index (κ2) is 6.51. The normalized spacial score (nSPS) is 11.2. The van der Waals surface area contributed by atoms with Crippen LogP contribution in [0.25, 0.3) is 11.0 Å². The molecule has 132 valence electrons. The van der Waals surface area contributed by atoms with Crippen molar-refractivity contribution >= 4 is 46.1 Å². The highest BCUT2D eigenvalue weighted by Gasteiger charge is 2.17. The van der Waals surface area contributed by atoms with Gasteiger partial charge in [-0.25, -0.2) is 4.98 Å². The quantitative estimate of drug-likeness (QED) is 0.572. The van der Waals surface area contributed by atoms with Crippen molar-refractivity contribution in [1.29, 1.82) is 0 Å². The van der Waals surface area contributed by atoms with E-state index in [4.69, 9.17) is 27.6 Å². The van der Waals surface area contributed by atoms with Gasteiger partial charge in [0.05, 0.1) is 33.8 Å². The Hall–Kier alpha value is -2.77. The van der Waals surface area contributed by atoms with Crippen LogP contribution in [0.2, 0.25) is 10.0 Å². The highest BCUT2D eigenvalue weighted by molar-refractivity contribution is 6.35. The number of aromatic nitrogens is 4. The van der Waals surface area contributed by atoms with Crippen LogP contribution >= 0.6 is 23.2 Å². The Morgan fingerprint density at radius 3 is 2.85 bits per heavy atom. The van der Waals surface area contributed by atoms with Crippen molar-refractivity contribution in [2.75, 3.05) is 5.32 Å². The van der Waals surface area contributed by atoms with Crippen molar-refractivity contribution in [2.45, 2.75) is 6.54 Å². The zero-order valence-corrected chi connectivity index (χ0v) is 15.1. The molecule has 26 heavy (non-hydrogen) atoms. The fourth-order valence-corrected chi connectivity index (χ4v) is 3.12. The smallest absolute Gasteiger partial charge is 0.293 e. The minimum Gasteiger partial charge on any atom is -0.454 e. The first-order valence-corrected chi connectivity index (χ1v) is 8.46. The molecule has 3 aromatic heterocycles. The van der Waals surface area contributed by atoms with Crippen LogP contribution in [-0.4, -0.2) is 25.2 Å². The lowest BCUT2D eigenvalue weighted by atomic mass is 10.3. The van der Waals surface area contributed by atoms with Crippen molar-refractivity contribution in [2.24, 2.45) is 7.05 Å². The van der Waals surface area contributed by atoms with Gasteiger partial charge in [-0.05, 0) is 24.3 Å². The number of furan rings is 1. The Labute approximate surface area is 158 Å². The standard InChI is InChI=1S/C17H13Cl2N5O2/c1-23-15-12(19)3-2-4-13(15)21-17(23)22-16(25)14-6-5-11(26-14)9-24-8-10(18)7-20-24/h2-8H,9H2,1H3,(H,21,22,25). The molecule has 0 unspecified atom stereocenters. The van der Waals surface area contributed by atoms with Gasteiger partial charge in [-0.1, -0.05) is 29.3 Å². The minimum absolute atomic E-state index is 0.177. The molecule has 4 aromatic rings. The predicted molar refractivity (Wildman–Crippen MR) is 98.7 cm³/mol. The second-order valence-electron chi connectivity index (χ2n) is 5.68. The number of amides is 1. The van der Waals surface area contributed by atoms with Gasteiger partial charge in [0.15, 0.2) is 5.76 Å². The number of nitrogens with zero attached hydrogens (tertiary/aromatic N) is 4. The molecule has 0 saturated heterocycles. The molecular formula is C17H13Cl2N5O2. The first kappa shape index (κ1) is 16.7. The summed E-state index contributed by atoms with van der Waals surface area (Å²) in [5.74, 6) is 0.749. The number of carbonyl (C=O) groups is 1. The van der Waals surface area contributed by atoms with E-state index < -0.39 is 5.91 Å². The van der Waals surface area contributed by atoms with Crippen LogP contribution in [-0.2, 0) is 13.6 Å². The summed E-state index contributed by atoms with van der Waals surface area (Å²) in [6.07, 6.45) is 3.21. The van der Waals surface area contributed by atoms with Gasteiger partial charge in [0.2, 0.25) is 5.95 Å². The third-order valence-electron chi connectivity index (χ3n) is 3.88. The van der Waals surface area contributed by atoms with E-state index in [9.17, 15) is 4.79 Å². The van der Waals surface area contributed by atoms with E-state index >= 15 is 0 Å². The minimum atomic E-state index is -0.399. The monoisotopic (exact) mass is 389 g/mol. The summed E-state index contributed by atoms with van der Waals surface area (Å²) in [4.78, 5) is 16.9. The molecular weight excluding hydrogens is 377 g/mol. The molecule has 0 radical (unpaired) electrons. The first-order chi connectivity index (χ1) is 12.5. The Balaban J connectivity index is 1.54. The van der Waals surface area contributed by atoms with E-state index in [2.05, 4.69) is 15.4 Å². The topological polar surface area (TPSA) is 77.9 Å². The van der Waals surface area contributed by atoms with E-state index in [1.165, 1.54) is 6.20 Å². The molecule has 1 N–H and O–H groups in total. The van der Waals surface area contributed by atoms with Crippen molar-refractivity contribution in [1.82, 2.24) is 19.3 Å². The number of rotatable bonds is 4. The lowest BCUT2D eigenvalue weighted by Gasteiger charge is -2.04. The Morgan fingerprint density at radius 1 is 1.27 bits per heavy atom. The molecule has 1 aromatic carbocycles. The highest BCUT2D eigenvalue weighted by atomic mass is 35.5. The molecule has 7 nitrogen and oxygen atoms in total. The lowest BCUT2D eigenvalue weighted by Crippen LogP contribution is -2.14. The summed E-state index contributed by atoms with van der Waals surface area (Å²) in [5.41, 5.74) is 1.45. The molecule has 0 atom stereocenters. The average Bonchev–Trinajstić information content (AvgIpc) is 3.30. The van der Waals surface area contributed by atoms with Gasteiger partial charge in [0.1, 0.15) is 5.76 Å². The van der Waals surface area contributed by atoms with Crippen molar-refractivity contribution < 1.29 is 9.21 Å². The summed E-state index contributed by atoms with van der Waals surface area (Å²) >= 11 is 12.0. The summed E-state index contributed by atoms with van der Waals surface area (Å²) in [6, 6.07) is 8.74. The first-order valence-electron chi connectivity index (χ1n) is 7.70. The predicted octanol–water partition coefficient (Wildman–Crippen LogP) is 3.97. The fourth-order valence-electron chi connectivity index (χ4n) is 2.67. The molecule has 0 aliphatic heterocycles. The van der Waals surface area contributed by atoms with Gasteiger partial charge in [-0.2, -0.15) is 5.10 Å². The number of anilines is 1. The molecule has 0 bridgehead atoms. The average molecular weight is 390 g/mol. The molecule has 0 aliphatic rings. The van der Waals surface area contributed by atoms with Crippen LogP contribution in [0.4, 0.5) is 5.95 Å². The van der Waals surface area contributed by atoms with Crippen molar-refractivity contribution in [3.8, 4) is 0 Å². The number of aryl methyl sites for hydroxylation is 1. The third-order valence-corrected chi connectivity index (χ3v) is 4.38. The molecule has 9 heteroatoms. The second-order valence-corrected chi connectivity index (χ2v) is 6.52. The number of carbonyl (C=O) groups excluding carboxylic acids is 1. The number of hydrogen-bond acceptors (Lipinski definition) is 4. The maximum absolute atomic E-state index is 12.5. The van der Waals surface area contributed by atoms with Crippen LogP contribution in [0, 0.1) is 0 Å². The van der Waals surface area contributed by atoms with Crippen LogP contribution in [0.15, 0.2) is 47.1 Å². The Morgan fingerprint density at radius 2 is 2.12 bits per heavy atom. The van der Waals surface area contributed by atoms with Crippen LogP contribution in [0.3, 0.4) is 0 Å². The third kappa shape index (κ3) is 3.07. The number of para-hydroxylation sites is 1. The van der Waals surface area contributed by atoms with E-state index in [0.717, 1.165) is 5.52 Å². The molecule has 0 aliphatic carbocycles. The van der Waals surface area contributed by atoms with E-state index in [0.29, 0.717) is 33.8 Å². The summed E-state index contributed by atoms with van der Waals surface area (Å²) in [5, 5.41) is 7.92. The molecule has 4 rings (SSSR count). The van der Waals surface area contributed by atoms with E-state index in [1.807, 2.05) is 12.1 Å². The van der Waals surface area contributed by atoms with Crippen molar-refractivity contribution in [3.63, 3.8) is 0 Å². The van der Waals surface area contributed by atoms with Crippen LogP contribution < -0.4 is 5.32 Å². The maximum atomic E-state index is 12.5. The number of halogens is 2. The van der Waals surface area contributed by atoms with E-state index in [1.54, 1.807) is 40.7 Å². The molecule has 0 spiro atoms. The summed E-state index contributed by atoms with van der Waals surface area (Å²) in [6.45, 7) is 0.377. The lowest BCUT2D eigenvalue weighted by molar-refractivity contribution is 0.0993. The van der Waals surface area contributed by atoms with Gasteiger partial charge in [0.25, 0.3) is 5.91 Å². The molecule has 0 fully saturated rings. The molecule has 0 saturated carbocycles. The number of benzene rings is 1. The Kier molecular flexibility index (Phi) is 4.18. The van der Waals surface area contributed by atoms with Crippen LogP contribution in [0.5, 0.6) is 0 Å². The van der Waals surface area contributed by atoms with Gasteiger partial charge in [-0.15, -0.1) is 0 Å². The number of nitrogens with one attached hydrogen (secondary N) is 1. The van der Waals surface area contributed by atoms with Gasteiger partial charge in [0, 0.05) is 13.2 Å². The SMILES string of the molecule is Cn1c(NC(=O)c2ccc(Cn3cc(Cl)cn3)o2)nc2cccc(Cl)c21. The summed E-state index contributed by atoms with van der Waals surface area (Å²) < 4.78 is 8.94. The van der Waals surface area contributed by atoms with Crippen LogP contribution in [0.1, 0.15) is 16.3 Å². The fraction of sp³-hybridized carbons (Fsp3) is 0.118. The Bertz CT molecular complexity index is 1110. The number of fused-ring (bicyclic) bond motifs is 1. The van der Waals surface area contributed by atoms with Gasteiger partial charge < -0.3 is 8.98 Å². The van der Waals surface area contributed by atoms with Gasteiger partial charge >= 0.3 is 0 Å². The zero-order valence-electron chi connectivity index (χ0n) is 13.6. The van der Waals surface area contributed by atoms with E-state index in [-0.39, 0.29) is 5.76 Å². The molecule has 3 heterocycles.